The molecule has 0 aromatic heterocycles. The van der Waals surface area contributed by atoms with Crippen LogP contribution in [0.5, 0.6) is 0 Å². The van der Waals surface area contributed by atoms with Gasteiger partial charge in [-0.1, -0.05) is 0 Å². The molecule has 10 radical (unpaired) electrons. The second-order valence-corrected chi connectivity index (χ2v) is 9.92. The molecule has 2 fully saturated rings. The number of hydrogen-bond acceptors (Lipinski definition) is 3. The third-order valence-corrected chi connectivity index (χ3v) is 6.45. The van der Waals surface area contributed by atoms with Crippen molar-refractivity contribution in [1.82, 2.24) is 0 Å². The van der Waals surface area contributed by atoms with E-state index in [2.05, 4.69) is 31.7 Å². The van der Waals surface area contributed by atoms with Crippen molar-refractivity contribution in [2.75, 3.05) is 6.61 Å². The summed E-state index contributed by atoms with van der Waals surface area (Å²) in [6.07, 6.45) is 16.2. The van der Waals surface area contributed by atoms with Gasteiger partial charge in [0.25, 0.3) is 0 Å². The summed E-state index contributed by atoms with van der Waals surface area (Å²) in [4.78, 5) is 18.0. The first-order valence-corrected chi connectivity index (χ1v) is 11.1. The van der Waals surface area contributed by atoms with Crippen molar-refractivity contribution in [2.24, 2.45) is 16.3 Å². The fourth-order valence-corrected chi connectivity index (χ4v) is 4.79. The van der Waals surface area contributed by atoms with Crippen LogP contribution >= 0.6 is 0 Å². The summed E-state index contributed by atoms with van der Waals surface area (Å²) in [5, 5.41) is 0.633. The molecule has 3 nitrogen and oxygen atoms in total. The van der Waals surface area contributed by atoms with E-state index in [4.69, 9.17) is 4.74 Å². The van der Waals surface area contributed by atoms with Gasteiger partial charge in [-0.25, -0.2) is 0 Å². The van der Waals surface area contributed by atoms with Gasteiger partial charge in [-0.15, -0.1) is 0 Å². The van der Waals surface area contributed by atoms with Gasteiger partial charge < -0.3 is 0 Å². The molecule has 1 atom stereocenters. The molecule has 0 unspecified atom stereocenters. The molecule has 1 aliphatic heterocycles. The van der Waals surface area contributed by atoms with Crippen LogP contribution in [-0.2, 0) is 26.6 Å². The number of Topliss-reactive ketones (excluding diaryl/α,β-unsaturated/α-hetero) is 1. The van der Waals surface area contributed by atoms with E-state index in [0.717, 1.165) is 11.8 Å². The molecule has 3 rings (SSSR count). The SMILES string of the molecule is CC(C)[C@H]1COC([C]2[CH][CH][CH][C]2[Se]CC(=O)C(C)(C)C)=N1.[CH]1[CH][CH][CH][CH]1.[Fe+2]. The molecule has 0 N–H and O–H groups in total. The number of ketones is 1. The fraction of sp³-hybridized carbons (Fsp3) is 0.455. The van der Waals surface area contributed by atoms with Crippen molar-refractivity contribution in [3.05, 3.63) is 62.1 Å². The van der Waals surface area contributed by atoms with Gasteiger partial charge in [0.1, 0.15) is 0 Å². The molecular formula is C22H29FeNO2Se+2. The number of ether oxygens (including phenoxy) is 1. The summed E-state index contributed by atoms with van der Waals surface area (Å²) in [5.74, 6) is 2.66. The minimum atomic E-state index is -0.251. The third-order valence-electron chi connectivity index (χ3n) is 4.20. The van der Waals surface area contributed by atoms with Crippen LogP contribution in [0.15, 0.2) is 4.99 Å². The molecule has 146 valence electrons. The minimum Gasteiger partial charge on any atom is -0.0312 e. The molecule has 0 aromatic rings. The third kappa shape index (κ3) is 8.21. The van der Waals surface area contributed by atoms with Crippen molar-refractivity contribution >= 4 is 26.6 Å². The molecular weight excluding hydrogens is 445 g/mol. The number of aliphatic imine (C=N–C) groups is 1. The maximum absolute atomic E-state index is 12.1. The Hall–Kier alpha value is 0.179. The Morgan fingerprint density at radius 2 is 1.74 bits per heavy atom. The van der Waals surface area contributed by atoms with Gasteiger partial charge in [-0.3, -0.25) is 0 Å². The zero-order valence-corrected chi connectivity index (χ0v) is 19.5. The van der Waals surface area contributed by atoms with Gasteiger partial charge >= 0.3 is 152 Å². The minimum absolute atomic E-state index is 0. The Morgan fingerprint density at radius 3 is 2.22 bits per heavy atom. The first kappa shape index (κ1) is 25.2. The smallest absolute Gasteiger partial charge is 0.0312 e. The van der Waals surface area contributed by atoms with Crippen molar-refractivity contribution in [2.45, 2.75) is 46.0 Å². The zero-order valence-electron chi connectivity index (χ0n) is 16.7. The topological polar surface area (TPSA) is 38.7 Å². The predicted octanol–water partition coefficient (Wildman–Crippen LogP) is 3.93. The molecule has 3 aliphatic rings. The van der Waals surface area contributed by atoms with Crippen molar-refractivity contribution < 1.29 is 26.6 Å². The monoisotopic (exact) mass is 475 g/mol. The molecule has 2 saturated carbocycles. The van der Waals surface area contributed by atoms with E-state index in [1.165, 1.54) is 4.82 Å². The van der Waals surface area contributed by atoms with Gasteiger partial charge in [-0.05, 0) is 32.1 Å². The van der Waals surface area contributed by atoms with E-state index in [1.54, 1.807) is 0 Å². The van der Waals surface area contributed by atoms with E-state index in [0.29, 0.717) is 23.6 Å². The largest absolute Gasteiger partial charge is 2.00 e. The van der Waals surface area contributed by atoms with E-state index in [9.17, 15) is 4.79 Å². The molecule has 0 saturated heterocycles. The normalized spacial score (nSPS) is 23.5. The van der Waals surface area contributed by atoms with Gasteiger partial charge in [0.2, 0.25) is 0 Å². The molecule has 2 aliphatic carbocycles. The van der Waals surface area contributed by atoms with Crippen LogP contribution in [0, 0.1) is 73.4 Å². The summed E-state index contributed by atoms with van der Waals surface area (Å²) in [6.45, 7) is 10.9. The van der Waals surface area contributed by atoms with Crippen LogP contribution < -0.4 is 0 Å². The number of carbonyl (C=O) groups is 1. The maximum Gasteiger partial charge on any atom is 2.00 e. The first-order chi connectivity index (χ1) is 12.3. The first-order valence-electron chi connectivity index (χ1n) is 9.08. The van der Waals surface area contributed by atoms with Gasteiger partial charge in [-0.2, -0.15) is 0 Å². The molecule has 1 heterocycles. The quantitative estimate of drug-likeness (QED) is 0.567. The van der Waals surface area contributed by atoms with E-state index < -0.39 is 0 Å². The summed E-state index contributed by atoms with van der Waals surface area (Å²) in [5.41, 5.74) is -0.251. The van der Waals surface area contributed by atoms with Crippen LogP contribution in [0.2, 0.25) is 5.32 Å². The average molecular weight is 474 g/mol. The van der Waals surface area contributed by atoms with Crippen LogP contribution in [-0.4, -0.2) is 39.3 Å². The average Bonchev–Trinajstić information content (AvgIpc) is 3.34. The second-order valence-electron chi connectivity index (χ2n) is 7.78. The second kappa shape index (κ2) is 12.0. The number of hydrogen-bond donors (Lipinski definition) is 0. The Bertz CT molecular complexity index is 476. The molecule has 0 aromatic carbocycles. The van der Waals surface area contributed by atoms with Crippen LogP contribution in [0.25, 0.3) is 0 Å². The fourth-order valence-electron chi connectivity index (χ4n) is 2.27. The van der Waals surface area contributed by atoms with Crippen molar-refractivity contribution in [3.8, 4) is 0 Å². The van der Waals surface area contributed by atoms with E-state index in [-0.39, 0.29) is 43.5 Å². The number of nitrogens with zero attached hydrogens (tertiary/aromatic N) is 1. The zero-order chi connectivity index (χ0) is 19.2. The summed E-state index contributed by atoms with van der Waals surface area (Å²) >= 11 is 0.144. The maximum atomic E-state index is 12.1. The van der Waals surface area contributed by atoms with Crippen LogP contribution in [0.1, 0.15) is 34.6 Å². The van der Waals surface area contributed by atoms with Crippen molar-refractivity contribution in [1.29, 1.82) is 0 Å². The van der Waals surface area contributed by atoms with Gasteiger partial charge in [0, 0.05) is 0 Å². The number of rotatable bonds is 5. The van der Waals surface area contributed by atoms with Gasteiger partial charge in [0.05, 0.1) is 0 Å². The summed E-state index contributed by atoms with van der Waals surface area (Å²) in [6, 6.07) is 0.256. The summed E-state index contributed by atoms with van der Waals surface area (Å²) < 4.78 is 5.76. The van der Waals surface area contributed by atoms with Crippen molar-refractivity contribution in [3.63, 3.8) is 0 Å². The molecule has 0 bridgehead atoms. The number of carbonyl (C=O) groups excluding carboxylic acids is 1. The van der Waals surface area contributed by atoms with E-state index >= 15 is 0 Å². The Labute approximate surface area is 183 Å². The summed E-state index contributed by atoms with van der Waals surface area (Å²) in [7, 11) is 0. The van der Waals surface area contributed by atoms with Gasteiger partial charge in [0.15, 0.2) is 0 Å². The molecule has 0 spiro atoms. The molecule has 0 amide bonds. The standard InChI is InChI=1S/C17H24NO2Se.C5H5.Fe/c1-11(2)13-9-20-16(18-13)12-7-6-8-14(12)21-10-15(19)17(3,4)5;1-2-4-5-3-1;/h6-8,11,13H,9-10H2,1-5H3;1-5H;/q;;+2/t13-;;/m1../s1. The van der Waals surface area contributed by atoms with Crippen LogP contribution in [0.3, 0.4) is 0 Å². The Kier molecular flexibility index (Phi) is 11.2. The Morgan fingerprint density at radius 1 is 1.15 bits per heavy atom. The molecule has 27 heavy (non-hydrogen) atoms. The van der Waals surface area contributed by atoms with Crippen LogP contribution in [0.4, 0.5) is 0 Å². The predicted molar refractivity (Wildman–Crippen MR) is 108 cm³/mol. The van der Waals surface area contributed by atoms with E-state index in [1.807, 2.05) is 59.3 Å². The molecule has 5 heteroatoms. The Balaban J connectivity index is 0.000000526.